The van der Waals surface area contributed by atoms with Crippen molar-refractivity contribution in [2.75, 3.05) is 6.61 Å². The van der Waals surface area contributed by atoms with Gasteiger partial charge in [-0.25, -0.2) is 0 Å². The van der Waals surface area contributed by atoms with Gasteiger partial charge >= 0.3 is 0 Å². The summed E-state index contributed by atoms with van der Waals surface area (Å²) in [5.74, 6) is 0. The summed E-state index contributed by atoms with van der Waals surface area (Å²) in [4.78, 5) is 0. The Morgan fingerprint density at radius 3 is 2.40 bits per heavy atom. The molecule has 0 spiro atoms. The van der Waals surface area contributed by atoms with E-state index in [9.17, 15) is 5.11 Å². The largest absolute Gasteiger partial charge is 0.392 e. The molecule has 0 amide bonds. The minimum absolute atomic E-state index is 0.149. The molecule has 0 aromatic carbocycles. The van der Waals surface area contributed by atoms with Gasteiger partial charge in [-0.15, -0.1) is 0 Å². The van der Waals surface area contributed by atoms with Gasteiger partial charge in [0, 0.05) is 0 Å². The van der Waals surface area contributed by atoms with Crippen LogP contribution in [0.4, 0.5) is 0 Å². The summed E-state index contributed by atoms with van der Waals surface area (Å²) in [7, 11) is 0. The zero-order valence-corrected chi connectivity index (χ0v) is 2.72. The van der Waals surface area contributed by atoms with Crippen molar-refractivity contribution in [1.29, 1.82) is 0 Å². The van der Waals surface area contributed by atoms with E-state index in [0.717, 1.165) is 6.08 Å². The van der Waals surface area contributed by atoms with Crippen molar-refractivity contribution in [3.05, 3.63) is 12.3 Å². The SMILES string of the molecule is [O]C=CCO. The fourth-order valence-corrected chi connectivity index (χ4v) is 0.0430. The van der Waals surface area contributed by atoms with Crippen LogP contribution in [0.1, 0.15) is 0 Å². The van der Waals surface area contributed by atoms with E-state index in [1.54, 1.807) is 0 Å². The highest BCUT2D eigenvalue weighted by Crippen LogP contribution is 1.57. The molecular formula is C3H5O2. The van der Waals surface area contributed by atoms with Crippen LogP contribution in [0.2, 0.25) is 0 Å². The monoisotopic (exact) mass is 73.0 g/mol. The molecule has 2 heteroatoms. The molecule has 0 saturated carbocycles. The smallest absolute Gasteiger partial charge is 0.141 e. The minimum atomic E-state index is -0.149. The fourth-order valence-electron chi connectivity index (χ4n) is 0.0430. The molecule has 0 aliphatic carbocycles. The first-order chi connectivity index (χ1) is 2.41. The first-order valence-electron chi connectivity index (χ1n) is 1.29. The van der Waals surface area contributed by atoms with Crippen molar-refractivity contribution < 1.29 is 10.2 Å². The Morgan fingerprint density at radius 2 is 2.40 bits per heavy atom. The number of hydrogen-bond acceptors (Lipinski definition) is 1. The van der Waals surface area contributed by atoms with Crippen LogP contribution in [0.3, 0.4) is 0 Å². The van der Waals surface area contributed by atoms with Crippen LogP contribution in [0.25, 0.3) is 0 Å². The molecule has 0 aromatic rings. The molecule has 0 aliphatic heterocycles. The van der Waals surface area contributed by atoms with E-state index in [4.69, 9.17) is 5.11 Å². The van der Waals surface area contributed by atoms with E-state index >= 15 is 0 Å². The van der Waals surface area contributed by atoms with Gasteiger partial charge in [0.25, 0.3) is 0 Å². The van der Waals surface area contributed by atoms with Crippen molar-refractivity contribution in [2.24, 2.45) is 0 Å². The molecule has 1 N–H and O–H groups in total. The van der Waals surface area contributed by atoms with Crippen molar-refractivity contribution in [3.63, 3.8) is 0 Å². The average Bonchev–Trinajstić information content (AvgIpc) is 1.41. The van der Waals surface area contributed by atoms with Gasteiger partial charge in [0.1, 0.15) is 6.26 Å². The summed E-state index contributed by atoms with van der Waals surface area (Å²) in [6, 6.07) is 0. The summed E-state index contributed by atoms with van der Waals surface area (Å²) in [6.45, 7) is -0.149. The molecular weight excluding hydrogens is 68.0 g/mol. The quantitative estimate of drug-likeness (QED) is 0.433. The molecule has 0 heterocycles. The summed E-state index contributed by atoms with van der Waals surface area (Å²) in [5.41, 5.74) is 0. The maximum absolute atomic E-state index is 9.19. The third-order valence-corrected chi connectivity index (χ3v) is 0.202. The summed E-state index contributed by atoms with van der Waals surface area (Å²) in [6.07, 6.45) is 1.68. The molecule has 0 aromatic heterocycles. The summed E-state index contributed by atoms with van der Waals surface area (Å²) < 4.78 is 0. The van der Waals surface area contributed by atoms with Gasteiger partial charge in [0.2, 0.25) is 0 Å². The third-order valence-electron chi connectivity index (χ3n) is 0.202. The Bertz CT molecular complexity index is 31.9. The number of aliphatic hydroxyl groups excluding tert-OH is 1. The molecule has 0 fully saturated rings. The Balaban J connectivity index is 2.62. The lowest BCUT2D eigenvalue weighted by atomic mass is 10.7. The number of rotatable bonds is 1. The van der Waals surface area contributed by atoms with Crippen LogP contribution in [-0.2, 0) is 5.11 Å². The first-order valence-corrected chi connectivity index (χ1v) is 1.29. The second-order valence-electron chi connectivity index (χ2n) is 0.554. The average molecular weight is 73.1 g/mol. The van der Waals surface area contributed by atoms with Crippen molar-refractivity contribution >= 4 is 0 Å². The normalized spacial score (nSPS) is 9.80. The Kier molecular flexibility index (Phi) is 3.15. The van der Waals surface area contributed by atoms with Crippen LogP contribution in [0.5, 0.6) is 0 Å². The second-order valence-corrected chi connectivity index (χ2v) is 0.554. The zero-order chi connectivity index (χ0) is 4.12. The van der Waals surface area contributed by atoms with E-state index in [-0.39, 0.29) is 6.61 Å². The van der Waals surface area contributed by atoms with Crippen LogP contribution >= 0.6 is 0 Å². The number of hydrogen-bond donors (Lipinski definition) is 1. The van der Waals surface area contributed by atoms with Gasteiger partial charge in [0.15, 0.2) is 0 Å². The first kappa shape index (κ1) is 4.50. The van der Waals surface area contributed by atoms with Crippen LogP contribution in [-0.4, -0.2) is 11.7 Å². The van der Waals surface area contributed by atoms with Gasteiger partial charge < -0.3 is 5.11 Å². The standard InChI is InChI=1S/C3H5O2/c4-2-1-3-5/h1-2,5H,3H2. The van der Waals surface area contributed by atoms with Crippen LogP contribution in [0.15, 0.2) is 12.3 Å². The second kappa shape index (κ2) is 3.50. The highest BCUT2D eigenvalue weighted by molar-refractivity contribution is 4.67. The van der Waals surface area contributed by atoms with Crippen molar-refractivity contribution in [3.8, 4) is 0 Å². The predicted molar refractivity (Wildman–Crippen MR) is 16.9 cm³/mol. The molecule has 0 saturated heterocycles. The molecule has 0 rings (SSSR count). The lowest BCUT2D eigenvalue weighted by Gasteiger charge is -1.63. The highest BCUT2D eigenvalue weighted by atomic mass is 16.3. The van der Waals surface area contributed by atoms with E-state index < -0.39 is 0 Å². The van der Waals surface area contributed by atoms with E-state index in [1.165, 1.54) is 0 Å². The Labute approximate surface area is 30.4 Å². The molecule has 29 valence electrons. The Hall–Kier alpha value is -0.500. The van der Waals surface area contributed by atoms with Gasteiger partial charge in [0.05, 0.1) is 6.61 Å². The van der Waals surface area contributed by atoms with Crippen LogP contribution < -0.4 is 0 Å². The summed E-state index contributed by atoms with van der Waals surface area (Å²) in [5, 5.41) is 17.0. The Morgan fingerprint density at radius 1 is 1.80 bits per heavy atom. The zero-order valence-electron chi connectivity index (χ0n) is 2.72. The van der Waals surface area contributed by atoms with Gasteiger partial charge in [-0.2, -0.15) is 0 Å². The minimum Gasteiger partial charge on any atom is -0.392 e. The maximum Gasteiger partial charge on any atom is 0.141 e. The van der Waals surface area contributed by atoms with E-state index in [0.29, 0.717) is 6.26 Å². The third kappa shape index (κ3) is 3.50. The van der Waals surface area contributed by atoms with E-state index in [1.807, 2.05) is 0 Å². The molecule has 0 atom stereocenters. The molecule has 5 heavy (non-hydrogen) atoms. The van der Waals surface area contributed by atoms with E-state index in [2.05, 4.69) is 0 Å². The maximum atomic E-state index is 9.19. The van der Waals surface area contributed by atoms with Gasteiger partial charge in [-0.05, 0) is 6.08 Å². The number of aliphatic hydroxyl groups is 1. The lowest BCUT2D eigenvalue weighted by molar-refractivity contribution is 0.318. The fraction of sp³-hybridized carbons (Fsp3) is 0.333. The predicted octanol–water partition coefficient (Wildman–Crippen LogP) is -0.0771. The molecule has 1 radical (unpaired) electrons. The lowest BCUT2D eigenvalue weighted by Crippen LogP contribution is -1.66. The highest BCUT2D eigenvalue weighted by Gasteiger charge is 1.56. The van der Waals surface area contributed by atoms with Gasteiger partial charge in [-0.1, -0.05) is 0 Å². The molecule has 2 nitrogen and oxygen atoms in total. The molecule has 0 bridgehead atoms. The van der Waals surface area contributed by atoms with Crippen molar-refractivity contribution in [1.82, 2.24) is 0 Å². The topological polar surface area (TPSA) is 40.1 Å². The summed E-state index contributed by atoms with van der Waals surface area (Å²) >= 11 is 0. The van der Waals surface area contributed by atoms with Gasteiger partial charge in [-0.3, -0.25) is 5.11 Å². The molecule has 0 aliphatic rings. The van der Waals surface area contributed by atoms with Crippen molar-refractivity contribution in [2.45, 2.75) is 0 Å². The molecule has 0 unspecified atom stereocenters. The van der Waals surface area contributed by atoms with Crippen LogP contribution in [0, 0.1) is 0 Å².